The molecule has 0 saturated carbocycles. The standard InChI is InChI=1S/C15H18N4O3/c1-9-17-11-3-4-16-12(11)13(18-9)19-5-10-6-22-8-15(10,7-19)14(20)21-2/h3-4,10,16H,5-8H2,1-2H3/t10-,15-/m0/s1. The molecule has 2 aromatic rings. The van der Waals surface area contributed by atoms with E-state index in [0.717, 1.165) is 29.2 Å². The van der Waals surface area contributed by atoms with Crippen LogP contribution in [0.1, 0.15) is 5.82 Å². The molecule has 7 nitrogen and oxygen atoms in total. The second kappa shape index (κ2) is 4.67. The fraction of sp³-hybridized carbons (Fsp3) is 0.533. The fourth-order valence-electron chi connectivity index (χ4n) is 3.66. The number of nitrogens with zero attached hydrogens (tertiary/aromatic N) is 3. The van der Waals surface area contributed by atoms with Crippen molar-refractivity contribution in [3.05, 3.63) is 18.1 Å². The average molecular weight is 302 g/mol. The molecule has 2 fully saturated rings. The van der Waals surface area contributed by atoms with E-state index in [1.165, 1.54) is 7.11 Å². The Morgan fingerprint density at radius 1 is 1.55 bits per heavy atom. The molecule has 22 heavy (non-hydrogen) atoms. The van der Waals surface area contributed by atoms with Crippen molar-refractivity contribution >= 4 is 22.8 Å². The number of anilines is 1. The van der Waals surface area contributed by atoms with Crippen LogP contribution in [0.2, 0.25) is 0 Å². The fourth-order valence-corrected chi connectivity index (χ4v) is 3.66. The van der Waals surface area contributed by atoms with Crippen LogP contribution in [0.3, 0.4) is 0 Å². The molecule has 2 aromatic heterocycles. The van der Waals surface area contributed by atoms with Gasteiger partial charge >= 0.3 is 5.97 Å². The van der Waals surface area contributed by atoms with Crippen molar-refractivity contribution in [1.29, 1.82) is 0 Å². The highest BCUT2D eigenvalue weighted by Crippen LogP contribution is 2.44. The van der Waals surface area contributed by atoms with Crippen molar-refractivity contribution < 1.29 is 14.3 Å². The number of ether oxygens (including phenoxy) is 2. The average Bonchev–Trinajstić information content (AvgIpc) is 3.18. The molecule has 2 atom stereocenters. The predicted molar refractivity (Wildman–Crippen MR) is 79.6 cm³/mol. The molecule has 0 radical (unpaired) electrons. The Labute approximate surface area is 127 Å². The number of rotatable bonds is 2. The van der Waals surface area contributed by atoms with E-state index in [1.54, 1.807) is 0 Å². The van der Waals surface area contributed by atoms with E-state index in [0.29, 0.717) is 19.8 Å². The second-order valence-corrected chi connectivity index (χ2v) is 6.07. The SMILES string of the molecule is COC(=O)[C@@]12COC[C@@H]1CN(c1nc(C)nc3cc[nH]c13)C2. The number of hydrogen-bond donors (Lipinski definition) is 1. The Bertz CT molecular complexity index is 743. The van der Waals surface area contributed by atoms with E-state index in [2.05, 4.69) is 19.9 Å². The van der Waals surface area contributed by atoms with Gasteiger partial charge in [-0.1, -0.05) is 0 Å². The van der Waals surface area contributed by atoms with Crippen LogP contribution < -0.4 is 4.90 Å². The first-order chi connectivity index (χ1) is 10.6. The van der Waals surface area contributed by atoms with Crippen molar-refractivity contribution in [2.75, 3.05) is 38.3 Å². The van der Waals surface area contributed by atoms with Crippen LogP contribution in [0.25, 0.3) is 11.0 Å². The summed E-state index contributed by atoms with van der Waals surface area (Å²) in [6.07, 6.45) is 1.86. The molecule has 1 N–H and O–H groups in total. The molecule has 0 bridgehead atoms. The van der Waals surface area contributed by atoms with Gasteiger partial charge in [-0.3, -0.25) is 4.79 Å². The van der Waals surface area contributed by atoms with Gasteiger partial charge in [0.25, 0.3) is 0 Å². The molecule has 0 spiro atoms. The van der Waals surface area contributed by atoms with Gasteiger partial charge in [-0.15, -0.1) is 0 Å². The van der Waals surface area contributed by atoms with Crippen molar-refractivity contribution in [3.63, 3.8) is 0 Å². The number of carbonyl (C=O) groups is 1. The summed E-state index contributed by atoms with van der Waals surface area (Å²) in [5, 5.41) is 0. The monoisotopic (exact) mass is 302 g/mol. The Morgan fingerprint density at radius 3 is 3.23 bits per heavy atom. The van der Waals surface area contributed by atoms with Gasteiger partial charge in [0.05, 0.1) is 25.8 Å². The van der Waals surface area contributed by atoms with E-state index in [9.17, 15) is 4.79 Å². The number of fused-ring (bicyclic) bond motifs is 2. The third kappa shape index (κ3) is 1.75. The second-order valence-electron chi connectivity index (χ2n) is 6.07. The number of esters is 1. The number of H-pyrrole nitrogens is 1. The summed E-state index contributed by atoms with van der Waals surface area (Å²) < 4.78 is 10.6. The van der Waals surface area contributed by atoms with Crippen molar-refractivity contribution in [3.8, 4) is 0 Å². The molecule has 2 aliphatic heterocycles. The van der Waals surface area contributed by atoms with Gasteiger partial charge < -0.3 is 19.4 Å². The number of hydrogen-bond acceptors (Lipinski definition) is 6. The van der Waals surface area contributed by atoms with E-state index in [1.807, 2.05) is 19.2 Å². The zero-order chi connectivity index (χ0) is 15.3. The van der Waals surface area contributed by atoms with E-state index < -0.39 is 5.41 Å². The van der Waals surface area contributed by atoms with Gasteiger partial charge in [-0.25, -0.2) is 9.97 Å². The maximum atomic E-state index is 12.3. The summed E-state index contributed by atoms with van der Waals surface area (Å²) in [6, 6.07) is 1.93. The highest BCUT2D eigenvalue weighted by atomic mass is 16.5. The molecule has 116 valence electrons. The van der Waals surface area contributed by atoms with Crippen LogP contribution in [0.4, 0.5) is 5.82 Å². The number of methoxy groups -OCH3 is 1. The maximum Gasteiger partial charge on any atom is 0.316 e. The highest BCUT2D eigenvalue weighted by Gasteiger charge is 2.57. The first-order valence-corrected chi connectivity index (χ1v) is 7.37. The molecule has 7 heteroatoms. The van der Waals surface area contributed by atoms with Crippen LogP contribution in [-0.2, 0) is 14.3 Å². The number of nitrogens with one attached hydrogen (secondary N) is 1. The zero-order valence-electron chi connectivity index (χ0n) is 12.6. The lowest BCUT2D eigenvalue weighted by Crippen LogP contribution is -2.40. The lowest BCUT2D eigenvalue weighted by Gasteiger charge is -2.24. The lowest BCUT2D eigenvalue weighted by molar-refractivity contribution is -0.152. The Hall–Kier alpha value is -2.15. The minimum Gasteiger partial charge on any atom is -0.468 e. The number of aromatic nitrogens is 3. The van der Waals surface area contributed by atoms with Crippen LogP contribution in [0, 0.1) is 18.3 Å². The number of aromatic amines is 1. The Kier molecular flexibility index (Phi) is 2.87. The lowest BCUT2D eigenvalue weighted by atomic mass is 9.81. The quantitative estimate of drug-likeness (QED) is 0.830. The minimum absolute atomic E-state index is 0.139. The molecule has 2 saturated heterocycles. The molecular formula is C15H18N4O3. The summed E-state index contributed by atoms with van der Waals surface area (Å²) in [5.41, 5.74) is 1.22. The molecule has 2 aliphatic rings. The molecular weight excluding hydrogens is 284 g/mol. The van der Waals surface area contributed by atoms with Crippen molar-refractivity contribution in [2.45, 2.75) is 6.92 Å². The van der Waals surface area contributed by atoms with Crippen LogP contribution in [0.5, 0.6) is 0 Å². The third-order valence-corrected chi connectivity index (χ3v) is 4.76. The van der Waals surface area contributed by atoms with Crippen LogP contribution in [-0.4, -0.2) is 54.3 Å². The summed E-state index contributed by atoms with van der Waals surface area (Å²) in [7, 11) is 1.44. The molecule has 4 rings (SSSR count). The highest BCUT2D eigenvalue weighted by molar-refractivity contribution is 5.87. The van der Waals surface area contributed by atoms with Crippen molar-refractivity contribution in [1.82, 2.24) is 15.0 Å². The summed E-state index contributed by atoms with van der Waals surface area (Å²) in [4.78, 5) is 26.7. The summed E-state index contributed by atoms with van der Waals surface area (Å²) >= 11 is 0. The smallest absolute Gasteiger partial charge is 0.316 e. The topological polar surface area (TPSA) is 80.3 Å². The first kappa shape index (κ1) is 13.5. The van der Waals surface area contributed by atoms with Gasteiger partial charge in [0, 0.05) is 25.2 Å². The van der Waals surface area contributed by atoms with Gasteiger partial charge in [-0.2, -0.15) is 0 Å². The van der Waals surface area contributed by atoms with Gasteiger partial charge in [0.15, 0.2) is 5.82 Å². The van der Waals surface area contributed by atoms with Gasteiger partial charge in [0.2, 0.25) is 0 Å². The molecule has 0 amide bonds. The Morgan fingerprint density at radius 2 is 2.41 bits per heavy atom. The number of aryl methyl sites for hydroxylation is 1. The summed E-state index contributed by atoms with van der Waals surface area (Å²) in [6.45, 7) is 4.18. The molecule has 0 aliphatic carbocycles. The minimum atomic E-state index is -0.577. The summed E-state index contributed by atoms with van der Waals surface area (Å²) in [5.74, 6) is 1.53. The third-order valence-electron chi connectivity index (χ3n) is 4.76. The predicted octanol–water partition coefficient (Wildman–Crippen LogP) is 0.892. The normalized spacial score (nSPS) is 27.4. The van der Waals surface area contributed by atoms with Crippen LogP contribution >= 0.6 is 0 Å². The van der Waals surface area contributed by atoms with Crippen LogP contribution in [0.15, 0.2) is 12.3 Å². The van der Waals surface area contributed by atoms with E-state index >= 15 is 0 Å². The number of carbonyl (C=O) groups excluding carboxylic acids is 1. The first-order valence-electron chi connectivity index (χ1n) is 7.37. The zero-order valence-corrected chi connectivity index (χ0v) is 12.6. The van der Waals surface area contributed by atoms with Gasteiger partial charge in [-0.05, 0) is 13.0 Å². The van der Waals surface area contributed by atoms with Crippen molar-refractivity contribution in [2.24, 2.45) is 11.3 Å². The molecule has 0 aromatic carbocycles. The maximum absolute atomic E-state index is 12.3. The van der Waals surface area contributed by atoms with Gasteiger partial charge in [0.1, 0.15) is 16.8 Å². The largest absolute Gasteiger partial charge is 0.468 e. The van der Waals surface area contributed by atoms with E-state index in [-0.39, 0.29) is 11.9 Å². The van der Waals surface area contributed by atoms with E-state index in [4.69, 9.17) is 9.47 Å². The Balaban J connectivity index is 1.75. The molecule has 0 unspecified atom stereocenters. The molecule has 4 heterocycles.